The zero-order valence-corrected chi connectivity index (χ0v) is 8.77. The molecule has 1 amide bonds. The van der Waals surface area contributed by atoms with Crippen LogP contribution in [0.15, 0.2) is 18.2 Å². The molecule has 0 heterocycles. The third-order valence-corrected chi connectivity index (χ3v) is 2.34. The Morgan fingerprint density at radius 1 is 1.57 bits per heavy atom. The number of aryl methyl sites for hydroxylation is 1. The van der Waals surface area contributed by atoms with E-state index in [0.717, 1.165) is 5.56 Å². The lowest BCUT2D eigenvalue weighted by Gasteiger charge is -2.04. The van der Waals surface area contributed by atoms with Crippen LogP contribution in [0.3, 0.4) is 0 Å². The SMILES string of the molecule is CNC(=O)CCc1cc(N)ccc1Cl. The largest absolute Gasteiger partial charge is 0.399 e. The van der Waals surface area contributed by atoms with Gasteiger partial charge in [0.25, 0.3) is 0 Å². The number of amides is 1. The predicted octanol–water partition coefficient (Wildman–Crippen LogP) is 1.60. The van der Waals surface area contributed by atoms with Gasteiger partial charge in [-0.25, -0.2) is 0 Å². The summed E-state index contributed by atoms with van der Waals surface area (Å²) in [6.45, 7) is 0. The van der Waals surface area contributed by atoms with Crippen LogP contribution in [0.5, 0.6) is 0 Å². The minimum atomic E-state index is 0.00323. The third kappa shape index (κ3) is 2.92. The Balaban J connectivity index is 2.66. The highest BCUT2D eigenvalue weighted by Gasteiger charge is 2.03. The van der Waals surface area contributed by atoms with E-state index in [-0.39, 0.29) is 5.91 Å². The molecular weight excluding hydrogens is 200 g/mol. The molecule has 0 saturated carbocycles. The molecule has 1 aromatic carbocycles. The van der Waals surface area contributed by atoms with Crippen LogP contribution in [0.1, 0.15) is 12.0 Å². The van der Waals surface area contributed by atoms with Gasteiger partial charge in [0.05, 0.1) is 0 Å². The maximum absolute atomic E-state index is 11.0. The summed E-state index contributed by atoms with van der Waals surface area (Å²) < 4.78 is 0. The summed E-state index contributed by atoms with van der Waals surface area (Å²) in [6.07, 6.45) is 1.04. The van der Waals surface area contributed by atoms with Crippen molar-refractivity contribution in [2.24, 2.45) is 0 Å². The molecule has 0 spiro atoms. The molecular formula is C10H13ClN2O. The molecule has 0 saturated heterocycles. The standard InChI is InChI=1S/C10H13ClN2O/c1-13-10(14)5-2-7-6-8(12)3-4-9(7)11/h3-4,6H,2,5,12H2,1H3,(H,13,14). The fourth-order valence-electron chi connectivity index (χ4n) is 1.16. The minimum Gasteiger partial charge on any atom is -0.399 e. The van der Waals surface area contributed by atoms with Crippen LogP contribution in [-0.4, -0.2) is 13.0 Å². The summed E-state index contributed by atoms with van der Waals surface area (Å²) in [5, 5.41) is 3.21. The first kappa shape index (κ1) is 10.9. The number of hydrogen-bond acceptors (Lipinski definition) is 2. The maximum Gasteiger partial charge on any atom is 0.220 e. The van der Waals surface area contributed by atoms with Gasteiger partial charge in [-0.3, -0.25) is 4.79 Å². The zero-order valence-electron chi connectivity index (χ0n) is 8.01. The Hall–Kier alpha value is -1.22. The zero-order chi connectivity index (χ0) is 10.6. The fourth-order valence-corrected chi connectivity index (χ4v) is 1.37. The van der Waals surface area contributed by atoms with Crippen molar-refractivity contribution in [3.8, 4) is 0 Å². The lowest BCUT2D eigenvalue weighted by molar-refractivity contribution is -0.120. The van der Waals surface area contributed by atoms with E-state index in [4.69, 9.17) is 17.3 Å². The Morgan fingerprint density at radius 3 is 2.93 bits per heavy atom. The molecule has 0 unspecified atom stereocenters. The quantitative estimate of drug-likeness (QED) is 0.748. The molecule has 3 nitrogen and oxygen atoms in total. The number of nitrogen functional groups attached to an aromatic ring is 1. The van der Waals surface area contributed by atoms with Crippen LogP contribution in [0, 0.1) is 0 Å². The van der Waals surface area contributed by atoms with Gasteiger partial charge in [-0.05, 0) is 30.2 Å². The summed E-state index contributed by atoms with van der Waals surface area (Å²) in [4.78, 5) is 11.0. The summed E-state index contributed by atoms with van der Waals surface area (Å²) >= 11 is 5.94. The van der Waals surface area contributed by atoms with Crippen LogP contribution in [0.4, 0.5) is 5.69 Å². The van der Waals surface area contributed by atoms with Crippen molar-refractivity contribution in [3.63, 3.8) is 0 Å². The summed E-state index contributed by atoms with van der Waals surface area (Å²) in [7, 11) is 1.61. The van der Waals surface area contributed by atoms with Gasteiger partial charge in [0, 0.05) is 24.2 Å². The molecule has 0 aliphatic carbocycles. The molecule has 0 aliphatic heterocycles. The highest BCUT2D eigenvalue weighted by atomic mass is 35.5. The van der Waals surface area contributed by atoms with E-state index < -0.39 is 0 Å². The fraction of sp³-hybridized carbons (Fsp3) is 0.300. The van der Waals surface area contributed by atoms with Crippen molar-refractivity contribution in [3.05, 3.63) is 28.8 Å². The average molecular weight is 213 g/mol. The highest BCUT2D eigenvalue weighted by molar-refractivity contribution is 6.31. The van der Waals surface area contributed by atoms with E-state index in [9.17, 15) is 4.79 Å². The lowest BCUT2D eigenvalue weighted by Crippen LogP contribution is -2.18. The van der Waals surface area contributed by atoms with Gasteiger partial charge in [-0.1, -0.05) is 11.6 Å². The van der Waals surface area contributed by atoms with E-state index in [1.807, 2.05) is 0 Å². The number of rotatable bonds is 3. The van der Waals surface area contributed by atoms with Gasteiger partial charge < -0.3 is 11.1 Å². The van der Waals surface area contributed by atoms with Crippen molar-refractivity contribution in [2.45, 2.75) is 12.8 Å². The van der Waals surface area contributed by atoms with Gasteiger partial charge in [-0.2, -0.15) is 0 Å². The molecule has 76 valence electrons. The first-order chi connectivity index (χ1) is 6.63. The molecule has 1 rings (SSSR count). The van der Waals surface area contributed by atoms with Crippen LogP contribution in [-0.2, 0) is 11.2 Å². The number of carbonyl (C=O) groups excluding carboxylic acids is 1. The molecule has 0 aromatic heterocycles. The van der Waals surface area contributed by atoms with Crippen molar-refractivity contribution >= 4 is 23.2 Å². The molecule has 0 fully saturated rings. The molecule has 14 heavy (non-hydrogen) atoms. The maximum atomic E-state index is 11.0. The van der Waals surface area contributed by atoms with Crippen LogP contribution < -0.4 is 11.1 Å². The summed E-state index contributed by atoms with van der Waals surface area (Å²) in [6, 6.07) is 5.28. The second-order valence-corrected chi connectivity index (χ2v) is 3.43. The number of hydrogen-bond donors (Lipinski definition) is 2. The number of nitrogens with one attached hydrogen (secondary N) is 1. The van der Waals surface area contributed by atoms with Gasteiger partial charge in [0.2, 0.25) is 5.91 Å². The minimum absolute atomic E-state index is 0.00323. The first-order valence-corrected chi connectivity index (χ1v) is 4.75. The van der Waals surface area contributed by atoms with E-state index in [1.165, 1.54) is 0 Å². The predicted molar refractivity (Wildman–Crippen MR) is 58.3 cm³/mol. The van der Waals surface area contributed by atoms with E-state index >= 15 is 0 Å². The van der Waals surface area contributed by atoms with Gasteiger partial charge in [0.15, 0.2) is 0 Å². The third-order valence-electron chi connectivity index (χ3n) is 1.97. The average Bonchev–Trinajstić information content (AvgIpc) is 2.19. The number of halogens is 1. The second kappa shape index (κ2) is 4.86. The molecule has 1 aromatic rings. The molecule has 0 aliphatic rings. The monoisotopic (exact) mass is 212 g/mol. The van der Waals surface area contributed by atoms with Gasteiger partial charge in [-0.15, -0.1) is 0 Å². The topological polar surface area (TPSA) is 55.1 Å². The first-order valence-electron chi connectivity index (χ1n) is 4.38. The van der Waals surface area contributed by atoms with Gasteiger partial charge in [0.1, 0.15) is 0 Å². The molecule has 4 heteroatoms. The second-order valence-electron chi connectivity index (χ2n) is 3.02. The Morgan fingerprint density at radius 2 is 2.29 bits per heavy atom. The summed E-state index contributed by atoms with van der Waals surface area (Å²) in [5.74, 6) is 0.00323. The van der Waals surface area contributed by atoms with E-state index in [1.54, 1.807) is 25.2 Å². The highest BCUT2D eigenvalue weighted by Crippen LogP contribution is 2.20. The number of anilines is 1. The normalized spacial score (nSPS) is 9.86. The number of carbonyl (C=O) groups is 1. The van der Waals surface area contributed by atoms with E-state index in [0.29, 0.717) is 23.6 Å². The van der Waals surface area contributed by atoms with Crippen LogP contribution in [0.25, 0.3) is 0 Å². The van der Waals surface area contributed by atoms with Crippen LogP contribution >= 0.6 is 11.6 Å². The van der Waals surface area contributed by atoms with Crippen molar-refractivity contribution in [1.29, 1.82) is 0 Å². The molecule has 3 N–H and O–H groups in total. The van der Waals surface area contributed by atoms with Crippen molar-refractivity contribution in [2.75, 3.05) is 12.8 Å². The smallest absolute Gasteiger partial charge is 0.220 e. The Kier molecular flexibility index (Phi) is 3.77. The number of nitrogens with two attached hydrogens (primary N) is 1. The molecule has 0 radical (unpaired) electrons. The summed E-state index contributed by atoms with van der Waals surface area (Å²) in [5.41, 5.74) is 7.19. The van der Waals surface area contributed by atoms with Crippen molar-refractivity contribution in [1.82, 2.24) is 5.32 Å². The van der Waals surface area contributed by atoms with E-state index in [2.05, 4.69) is 5.32 Å². The van der Waals surface area contributed by atoms with Gasteiger partial charge >= 0.3 is 0 Å². The molecule has 0 bridgehead atoms. The van der Waals surface area contributed by atoms with Crippen LogP contribution in [0.2, 0.25) is 5.02 Å². The van der Waals surface area contributed by atoms with Crippen molar-refractivity contribution < 1.29 is 4.79 Å². The Labute approximate surface area is 88.2 Å². The number of benzene rings is 1. The molecule has 0 atom stereocenters. The Bertz CT molecular complexity index is 339. The lowest BCUT2D eigenvalue weighted by atomic mass is 10.1.